The number of rotatable bonds is 3. The second kappa shape index (κ2) is 5.53. The van der Waals surface area contributed by atoms with Crippen LogP contribution in [0, 0.1) is 0 Å². The molecule has 0 radical (unpaired) electrons. The van der Waals surface area contributed by atoms with Crippen molar-refractivity contribution >= 4 is 29.9 Å². The molecule has 0 saturated heterocycles. The molecule has 0 aliphatic heterocycles. The Morgan fingerprint density at radius 1 is 1.70 bits per heavy atom. The van der Waals surface area contributed by atoms with E-state index < -0.39 is 11.9 Å². The minimum absolute atomic E-state index is 0. The lowest BCUT2D eigenvalue weighted by Gasteiger charge is -2.03. The molecule has 1 amide bonds. The number of hydrogen-bond donors (Lipinski definition) is 2. The summed E-state index contributed by atoms with van der Waals surface area (Å²) in [5.41, 5.74) is 10.0. The van der Waals surface area contributed by atoms with Gasteiger partial charge in [-0.2, -0.15) is 0 Å². The third-order valence-electron chi connectivity index (χ3n) is 0.807. The van der Waals surface area contributed by atoms with Gasteiger partial charge in [-0.05, 0) is 0 Å². The van der Waals surface area contributed by atoms with E-state index in [1.807, 2.05) is 0 Å². The molecule has 10 heavy (non-hydrogen) atoms. The molecule has 0 aromatic carbocycles. The molecule has 1 atom stereocenters. The largest absolute Gasteiger partial charge is 0.368 e. The molecule has 0 aromatic heterocycles. The molecular formula is C5H10Cl2N2O. The van der Waals surface area contributed by atoms with Crippen molar-refractivity contribution < 1.29 is 4.79 Å². The lowest BCUT2D eigenvalue weighted by atomic mass is 10.2. The highest BCUT2D eigenvalue weighted by molar-refractivity contribution is 6.29. The van der Waals surface area contributed by atoms with Gasteiger partial charge in [0.1, 0.15) is 0 Å². The summed E-state index contributed by atoms with van der Waals surface area (Å²) in [7, 11) is 0. The van der Waals surface area contributed by atoms with Gasteiger partial charge in [-0.1, -0.05) is 18.2 Å². The van der Waals surface area contributed by atoms with E-state index in [4.69, 9.17) is 23.1 Å². The van der Waals surface area contributed by atoms with Gasteiger partial charge in [0.05, 0.1) is 6.04 Å². The molecule has 0 unspecified atom stereocenters. The average molecular weight is 185 g/mol. The van der Waals surface area contributed by atoms with E-state index >= 15 is 0 Å². The van der Waals surface area contributed by atoms with E-state index in [2.05, 4.69) is 6.58 Å². The summed E-state index contributed by atoms with van der Waals surface area (Å²) in [5.74, 6) is -0.559. The number of carbonyl (C=O) groups excluding carboxylic acids is 1. The van der Waals surface area contributed by atoms with Crippen LogP contribution in [0.5, 0.6) is 0 Å². The fourth-order valence-corrected chi connectivity index (χ4v) is 0.505. The van der Waals surface area contributed by atoms with Gasteiger partial charge in [-0.15, -0.1) is 12.4 Å². The molecule has 3 nitrogen and oxygen atoms in total. The molecule has 0 heterocycles. The molecule has 0 bridgehead atoms. The summed E-state index contributed by atoms with van der Waals surface area (Å²) in [6.45, 7) is 3.36. The summed E-state index contributed by atoms with van der Waals surface area (Å²) in [5, 5.41) is 0.348. The van der Waals surface area contributed by atoms with Crippen LogP contribution in [0.2, 0.25) is 0 Å². The minimum atomic E-state index is -0.699. The molecule has 0 saturated carbocycles. The fraction of sp³-hybridized carbons (Fsp3) is 0.400. The van der Waals surface area contributed by atoms with Crippen molar-refractivity contribution in [2.45, 2.75) is 12.5 Å². The summed E-state index contributed by atoms with van der Waals surface area (Å²) in [6.07, 6.45) is 0.247. The number of hydrogen-bond acceptors (Lipinski definition) is 2. The van der Waals surface area contributed by atoms with E-state index in [-0.39, 0.29) is 18.8 Å². The minimum Gasteiger partial charge on any atom is -0.368 e. The second-order valence-corrected chi connectivity index (χ2v) is 2.26. The Balaban J connectivity index is 0. The van der Waals surface area contributed by atoms with Crippen LogP contribution in [0.25, 0.3) is 0 Å². The Bertz CT molecular complexity index is 138. The standard InChI is InChI=1S/C5H9ClN2O.ClH/c1-3(6)2-4(7)5(8)9;/h4H,1-2,7H2,(H2,8,9);1H/t4-;/m0./s1. The normalized spacial score (nSPS) is 11.4. The van der Waals surface area contributed by atoms with Crippen molar-refractivity contribution in [2.24, 2.45) is 11.5 Å². The van der Waals surface area contributed by atoms with Gasteiger partial charge >= 0.3 is 0 Å². The quantitative estimate of drug-likeness (QED) is 0.666. The van der Waals surface area contributed by atoms with Gasteiger partial charge < -0.3 is 11.5 Å². The predicted octanol–water partition coefficient (Wildman–Crippen LogP) is 0.363. The highest BCUT2D eigenvalue weighted by Crippen LogP contribution is 2.04. The maximum absolute atomic E-state index is 10.2. The van der Waals surface area contributed by atoms with E-state index in [9.17, 15) is 4.79 Å². The Hall–Kier alpha value is -0.250. The van der Waals surface area contributed by atoms with Crippen LogP contribution in [0.15, 0.2) is 11.6 Å². The van der Waals surface area contributed by atoms with Crippen molar-refractivity contribution in [2.75, 3.05) is 0 Å². The van der Waals surface area contributed by atoms with E-state index in [0.717, 1.165) is 0 Å². The Labute approximate surface area is 70.8 Å². The van der Waals surface area contributed by atoms with E-state index in [1.54, 1.807) is 0 Å². The summed E-state index contributed by atoms with van der Waals surface area (Å²) < 4.78 is 0. The second-order valence-electron chi connectivity index (χ2n) is 1.73. The monoisotopic (exact) mass is 184 g/mol. The first-order valence-electron chi connectivity index (χ1n) is 2.42. The van der Waals surface area contributed by atoms with Gasteiger partial charge in [0.25, 0.3) is 0 Å². The van der Waals surface area contributed by atoms with Crippen molar-refractivity contribution in [1.29, 1.82) is 0 Å². The zero-order valence-corrected chi connectivity index (χ0v) is 6.91. The highest BCUT2D eigenvalue weighted by Gasteiger charge is 2.08. The molecule has 0 fully saturated rings. The van der Waals surface area contributed by atoms with E-state index in [1.165, 1.54) is 0 Å². The zero-order chi connectivity index (χ0) is 7.44. The predicted molar refractivity (Wildman–Crippen MR) is 44.0 cm³/mol. The van der Waals surface area contributed by atoms with Gasteiger partial charge in [0.2, 0.25) is 5.91 Å². The zero-order valence-electron chi connectivity index (χ0n) is 5.34. The first-order valence-corrected chi connectivity index (χ1v) is 2.80. The van der Waals surface area contributed by atoms with Gasteiger partial charge in [0, 0.05) is 11.5 Å². The Morgan fingerprint density at radius 3 is 2.20 bits per heavy atom. The third-order valence-corrected chi connectivity index (χ3v) is 0.961. The average Bonchev–Trinajstić information content (AvgIpc) is 1.63. The Morgan fingerprint density at radius 2 is 2.10 bits per heavy atom. The maximum atomic E-state index is 10.2. The maximum Gasteiger partial charge on any atom is 0.234 e. The van der Waals surface area contributed by atoms with Crippen LogP contribution in [0.3, 0.4) is 0 Å². The van der Waals surface area contributed by atoms with Gasteiger partial charge in [0.15, 0.2) is 0 Å². The van der Waals surface area contributed by atoms with Crippen LogP contribution in [-0.4, -0.2) is 11.9 Å². The number of carbonyl (C=O) groups is 1. The molecular weight excluding hydrogens is 175 g/mol. The number of amides is 1. The molecule has 0 rings (SSSR count). The molecule has 0 spiro atoms. The smallest absolute Gasteiger partial charge is 0.234 e. The summed E-state index contributed by atoms with van der Waals surface area (Å²) >= 11 is 5.33. The number of primary amides is 1. The molecule has 0 aliphatic rings. The van der Waals surface area contributed by atoms with Crippen LogP contribution < -0.4 is 11.5 Å². The number of halogens is 2. The van der Waals surface area contributed by atoms with Crippen LogP contribution >= 0.6 is 24.0 Å². The summed E-state index contributed by atoms with van der Waals surface area (Å²) in [6, 6.07) is -0.699. The lowest BCUT2D eigenvalue weighted by Crippen LogP contribution is -2.36. The highest BCUT2D eigenvalue weighted by atomic mass is 35.5. The van der Waals surface area contributed by atoms with E-state index in [0.29, 0.717) is 5.03 Å². The summed E-state index contributed by atoms with van der Waals surface area (Å²) in [4.78, 5) is 10.2. The fourth-order valence-electron chi connectivity index (χ4n) is 0.339. The van der Waals surface area contributed by atoms with Crippen molar-refractivity contribution in [3.05, 3.63) is 11.6 Å². The lowest BCUT2D eigenvalue weighted by molar-refractivity contribution is -0.119. The Kier molecular flexibility index (Phi) is 6.87. The molecule has 60 valence electrons. The van der Waals surface area contributed by atoms with Crippen LogP contribution in [0.1, 0.15) is 6.42 Å². The van der Waals surface area contributed by atoms with Crippen molar-refractivity contribution in [3.8, 4) is 0 Å². The van der Waals surface area contributed by atoms with Crippen LogP contribution in [0.4, 0.5) is 0 Å². The molecule has 0 aromatic rings. The molecule has 5 heteroatoms. The number of nitrogens with two attached hydrogens (primary N) is 2. The first-order chi connectivity index (χ1) is 4.04. The van der Waals surface area contributed by atoms with Crippen LogP contribution in [-0.2, 0) is 4.79 Å². The molecule has 0 aliphatic carbocycles. The van der Waals surface area contributed by atoms with Crippen molar-refractivity contribution in [3.63, 3.8) is 0 Å². The third kappa shape index (κ3) is 5.88. The molecule has 4 N–H and O–H groups in total. The van der Waals surface area contributed by atoms with Crippen molar-refractivity contribution in [1.82, 2.24) is 0 Å². The first kappa shape index (κ1) is 12.4. The SMILES string of the molecule is C=C(Cl)C[C@H](N)C(N)=O.Cl. The van der Waals surface area contributed by atoms with Gasteiger partial charge in [-0.3, -0.25) is 4.79 Å². The topological polar surface area (TPSA) is 69.1 Å². The van der Waals surface area contributed by atoms with Gasteiger partial charge in [-0.25, -0.2) is 0 Å².